The third-order valence-electron chi connectivity index (χ3n) is 4.13. The second kappa shape index (κ2) is 7.34. The summed E-state index contributed by atoms with van der Waals surface area (Å²) in [7, 11) is 0. The molecule has 124 valence electrons. The Morgan fingerprint density at radius 3 is 2.74 bits per heavy atom. The molecule has 2 aromatic rings. The van der Waals surface area contributed by atoms with E-state index in [0.29, 0.717) is 17.1 Å². The van der Waals surface area contributed by atoms with Crippen molar-refractivity contribution in [3.63, 3.8) is 0 Å². The van der Waals surface area contributed by atoms with Crippen LogP contribution in [0.3, 0.4) is 0 Å². The third-order valence-corrected chi connectivity index (χ3v) is 4.38. The highest BCUT2D eigenvalue weighted by molar-refractivity contribution is 6.30. The van der Waals surface area contributed by atoms with Gasteiger partial charge in [0, 0.05) is 30.4 Å². The van der Waals surface area contributed by atoms with Crippen LogP contribution in [0, 0.1) is 6.92 Å². The Hall–Kier alpha value is -1.56. The van der Waals surface area contributed by atoms with E-state index in [9.17, 15) is 4.79 Å². The van der Waals surface area contributed by atoms with Crippen LogP contribution in [0.1, 0.15) is 28.9 Å². The van der Waals surface area contributed by atoms with E-state index in [1.165, 1.54) is 0 Å². The van der Waals surface area contributed by atoms with Crippen molar-refractivity contribution >= 4 is 29.9 Å². The summed E-state index contributed by atoms with van der Waals surface area (Å²) in [5.41, 5.74) is 8.00. The van der Waals surface area contributed by atoms with E-state index in [1.54, 1.807) is 23.0 Å². The van der Waals surface area contributed by atoms with Crippen molar-refractivity contribution in [2.45, 2.75) is 25.8 Å². The molecule has 5 nitrogen and oxygen atoms in total. The summed E-state index contributed by atoms with van der Waals surface area (Å²) in [6.07, 6.45) is 3.78. The molecule has 1 aromatic carbocycles. The smallest absolute Gasteiger partial charge is 0.257 e. The maximum Gasteiger partial charge on any atom is 0.257 e. The Morgan fingerprint density at radius 1 is 1.39 bits per heavy atom. The lowest BCUT2D eigenvalue weighted by atomic mass is 10.2. The van der Waals surface area contributed by atoms with Crippen molar-refractivity contribution in [3.8, 4) is 5.69 Å². The van der Waals surface area contributed by atoms with Gasteiger partial charge in [-0.3, -0.25) is 4.79 Å². The van der Waals surface area contributed by atoms with Crippen molar-refractivity contribution in [1.82, 2.24) is 14.7 Å². The molecule has 23 heavy (non-hydrogen) atoms. The fourth-order valence-electron chi connectivity index (χ4n) is 2.90. The van der Waals surface area contributed by atoms with Gasteiger partial charge in [-0.25, -0.2) is 4.68 Å². The van der Waals surface area contributed by atoms with Gasteiger partial charge in [0.1, 0.15) is 0 Å². The number of carbonyl (C=O) groups excluding carboxylic acids is 1. The Kier molecular flexibility index (Phi) is 5.68. The van der Waals surface area contributed by atoms with E-state index in [4.69, 9.17) is 17.3 Å². The lowest BCUT2D eigenvalue weighted by Crippen LogP contribution is -2.40. The molecule has 0 saturated carbocycles. The van der Waals surface area contributed by atoms with Gasteiger partial charge >= 0.3 is 0 Å². The molecule has 2 N–H and O–H groups in total. The van der Waals surface area contributed by atoms with Gasteiger partial charge in [-0.1, -0.05) is 11.6 Å². The van der Waals surface area contributed by atoms with Gasteiger partial charge < -0.3 is 10.6 Å². The highest BCUT2D eigenvalue weighted by atomic mass is 35.5. The van der Waals surface area contributed by atoms with Crippen LogP contribution < -0.4 is 5.73 Å². The molecule has 1 aliphatic heterocycles. The number of aromatic nitrogens is 2. The molecule has 0 spiro atoms. The van der Waals surface area contributed by atoms with Crippen molar-refractivity contribution in [3.05, 3.63) is 46.7 Å². The molecule has 1 unspecified atom stereocenters. The molecule has 1 fully saturated rings. The maximum atomic E-state index is 12.7. The zero-order valence-electron chi connectivity index (χ0n) is 12.9. The summed E-state index contributed by atoms with van der Waals surface area (Å²) >= 11 is 5.90. The predicted octanol–water partition coefficient (Wildman–Crippen LogP) is 2.82. The average Bonchev–Trinajstić information content (AvgIpc) is 3.13. The van der Waals surface area contributed by atoms with E-state index in [1.807, 2.05) is 24.0 Å². The third kappa shape index (κ3) is 3.52. The highest BCUT2D eigenvalue weighted by Crippen LogP contribution is 2.22. The van der Waals surface area contributed by atoms with Crippen LogP contribution in [0.25, 0.3) is 5.69 Å². The van der Waals surface area contributed by atoms with Gasteiger partial charge in [0.15, 0.2) is 0 Å². The molecule has 1 aromatic heterocycles. The first-order chi connectivity index (χ1) is 10.6. The molecule has 3 rings (SSSR count). The lowest BCUT2D eigenvalue weighted by molar-refractivity contribution is 0.0740. The number of likely N-dealkylation sites (tertiary alicyclic amines) is 1. The molecule has 7 heteroatoms. The molecule has 2 heterocycles. The minimum Gasteiger partial charge on any atom is -0.334 e. The zero-order chi connectivity index (χ0) is 15.7. The normalized spacial score (nSPS) is 17.2. The molecule has 1 amide bonds. The van der Waals surface area contributed by atoms with Crippen LogP contribution in [-0.2, 0) is 0 Å². The fourth-order valence-corrected chi connectivity index (χ4v) is 3.02. The first-order valence-corrected chi connectivity index (χ1v) is 7.81. The number of benzene rings is 1. The first kappa shape index (κ1) is 17.8. The minimum atomic E-state index is 0. The standard InChI is InChI=1S/C16H19ClN4O.ClH/c1-11-15(16(22)20-8-2-3-14(20)9-18)10-21(19-11)13-6-4-12(17)5-7-13;/h4-7,10,14H,2-3,8-9,18H2,1H3;1H. The molecule has 0 aliphatic carbocycles. The molecular weight excluding hydrogens is 335 g/mol. The highest BCUT2D eigenvalue weighted by Gasteiger charge is 2.30. The van der Waals surface area contributed by atoms with Crippen molar-refractivity contribution in [2.75, 3.05) is 13.1 Å². The largest absolute Gasteiger partial charge is 0.334 e. The Morgan fingerprint density at radius 2 is 2.09 bits per heavy atom. The van der Waals surface area contributed by atoms with E-state index < -0.39 is 0 Å². The van der Waals surface area contributed by atoms with Crippen molar-refractivity contribution < 1.29 is 4.79 Å². The SMILES string of the molecule is Cc1nn(-c2ccc(Cl)cc2)cc1C(=O)N1CCCC1CN.Cl. The summed E-state index contributed by atoms with van der Waals surface area (Å²) < 4.78 is 1.71. The maximum absolute atomic E-state index is 12.7. The molecule has 1 saturated heterocycles. The average molecular weight is 355 g/mol. The topological polar surface area (TPSA) is 64.2 Å². The number of hydrogen-bond donors (Lipinski definition) is 1. The number of nitrogens with two attached hydrogens (primary N) is 1. The number of carbonyl (C=O) groups is 1. The van der Waals surface area contributed by atoms with Crippen LogP contribution in [0.2, 0.25) is 5.02 Å². The summed E-state index contributed by atoms with van der Waals surface area (Å²) in [5, 5.41) is 5.12. The number of hydrogen-bond acceptors (Lipinski definition) is 3. The van der Waals surface area contributed by atoms with Crippen LogP contribution >= 0.6 is 24.0 Å². The van der Waals surface area contributed by atoms with Gasteiger partial charge in [-0.15, -0.1) is 12.4 Å². The Bertz CT molecular complexity index is 684. The van der Waals surface area contributed by atoms with Gasteiger partial charge in [0.25, 0.3) is 5.91 Å². The van der Waals surface area contributed by atoms with Gasteiger partial charge in [-0.2, -0.15) is 5.10 Å². The van der Waals surface area contributed by atoms with Crippen molar-refractivity contribution in [2.24, 2.45) is 5.73 Å². The summed E-state index contributed by atoms with van der Waals surface area (Å²) in [6, 6.07) is 7.51. The molecule has 1 atom stereocenters. The second-order valence-corrected chi connectivity index (χ2v) is 6.02. The van der Waals surface area contributed by atoms with Crippen LogP contribution in [0.4, 0.5) is 0 Å². The summed E-state index contributed by atoms with van der Waals surface area (Å²) in [6.45, 7) is 3.13. The molecule has 1 aliphatic rings. The lowest BCUT2D eigenvalue weighted by Gasteiger charge is -2.23. The molecule has 0 radical (unpaired) electrons. The van der Waals surface area contributed by atoms with Gasteiger partial charge in [0.05, 0.1) is 16.9 Å². The van der Waals surface area contributed by atoms with Gasteiger partial charge in [0.2, 0.25) is 0 Å². The van der Waals surface area contributed by atoms with E-state index >= 15 is 0 Å². The summed E-state index contributed by atoms with van der Waals surface area (Å²) in [5.74, 6) is 0.0191. The number of nitrogens with zero attached hydrogens (tertiary/aromatic N) is 3. The van der Waals surface area contributed by atoms with Crippen LogP contribution in [0.5, 0.6) is 0 Å². The zero-order valence-corrected chi connectivity index (χ0v) is 14.5. The second-order valence-electron chi connectivity index (χ2n) is 5.58. The number of aryl methyl sites for hydroxylation is 1. The van der Waals surface area contributed by atoms with E-state index in [-0.39, 0.29) is 24.4 Å². The van der Waals surface area contributed by atoms with Gasteiger partial charge in [-0.05, 0) is 44.0 Å². The number of amides is 1. The Labute approximate surface area is 146 Å². The number of halogens is 2. The molecular formula is C16H20Cl2N4O. The van der Waals surface area contributed by atoms with Crippen LogP contribution in [0.15, 0.2) is 30.5 Å². The van der Waals surface area contributed by atoms with E-state index in [0.717, 1.165) is 30.8 Å². The minimum absolute atomic E-state index is 0. The predicted molar refractivity (Wildman–Crippen MR) is 93.7 cm³/mol. The van der Waals surface area contributed by atoms with E-state index in [2.05, 4.69) is 5.10 Å². The monoisotopic (exact) mass is 354 g/mol. The quantitative estimate of drug-likeness (QED) is 0.921. The number of rotatable bonds is 3. The summed E-state index contributed by atoms with van der Waals surface area (Å²) in [4.78, 5) is 14.6. The fraction of sp³-hybridized carbons (Fsp3) is 0.375. The Balaban J connectivity index is 0.00000192. The first-order valence-electron chi connectivity index (χ1n) is 7.43. The van der Waals surface area contributed by atoms with Crippen LogP contribution in [-0.4, -0.2) is 39.7 Å². The molecule has 0 bridgehead atoms. The van der Waals surface area contributed by atoms with Crippen molar-refractivity contribution in [1.29, 1.82) is 0 Å².